The number of ether oxygens (including phenoxy) is 1. The molecule has 0 unspecified atom stereocenters. The Bertz CT molecular complexity index is 221. The van der Waals surface area contributed by atoms with E-state index in [0.717, 1.165) is 6.42 Å². The maximum absolute atomic E-state index is 10.5. The Balaban J connectivity index is 3.04. The molecule has 0 fully saturated rings. The van der Waals surface area contributed by atoms with Crippen LogP contribution in [0.3, 0.4) is 0 Å². The molecule has 0 bridgehead atoms. The minimum atomic E-state index is -0.161. The second-order valence-corrected chi connectivity index (χ2v) is 5.22. The van der Waals surface area contributed by atoms with Crippen LogP contribution in [0.15, 0.2) is 12.2 Å². The van der Waals surface area contributed by atoms with Gasteiger partial charge in [0, 0.05) is 6.92 Å². The van der Waals surface area contributed by atoms with Gasteiger partial charge in [0.25, 0.3) is 0 Å². The van der Waals surface area contributed by atoms with Crippen molar-refractivity contribution in [2.45, 2.75) is 84.5 Å². The van der Waals surface area contributed by atoms with E-state index in [-0.39, 0.29) is 5.97 Å². The fourth-order valence-corrected chi connectivity index (χ4v) is 2.04. The normalized spacial score (nSPS) is 11.1. The number of rotatable bonds is 13. The second kappa shape index (κ2) is 15.3. The van der Waals surface area contributed by atoms with E-state index >= 15 is 0 Å². The molecule has 0 aliphatic carbocycles. The first-order valence-electron chi connectivity index (χ1n) is 8.05. The van der Waals surface area contributed by atoms with Crippen molar-refractivity contribution < 1.29 is 9.53 Å². The second-order valence-electron chi connectivity index (χ2n) is 5.22. The first kappa shape index (κ1) is 18.2. The molecule has 0 aliphatic heterocycles. The molecule has 0 spiro atoms. The molecule has 0 aromatic heterocycles. The molecule has 0 aromatic carbocycles. The van der Waals surface area contributed by atoms with Crippen LogP contribution in [-0.4, -0.2) is 12.6 Å². The fourth-order valence-electron chi connectivity index (χ4n) is 2.04. The molecule has 0 radical (unpaired) electrons. The topological polar surface area (TPSA) is 26.3 Å². The summed E-state index contributed by atoms with van der Waals surface area (Å²) >= 11 is 0. The summed E-state index contributed by atoms with van der Waals surface area (Å²) in [6.45, 7) is 4.31. The van der Waals surface area contributed by atoms with Gasteiger partial charge in [-0.3, -0.25) is 4.79 Å². The van der Waals surface area contributed by atoms with Gasteiger partial charge in [-0.05, 0) is 32.1 Å². The summed E-state index contributed by atoms with van der Waals surface area (Å²) < 4.78 is 4.89. The highest BCUT2D eigenvalue weighted by atomic mass is 16.5. The van der Waals surface area contributed by atoms with Gasteiger partial charge < -0.3 is 4.74 Å². The first-order chi connectivity index (χ1) is 9.27. The van der Waals surface area contributed by atoms with Gasteiger partial charge in [-0.15, -0.1) is 0 Å². The lowest BCUT2D eigenvalue weighted by Gasteiger charge is -2.02. The number of esters is 1. The van der Waals surface area contributed by atoms with Gasteiger partial charge in [-0.1, -0.05) is 57.6 Å². The van der Waals surface area contributed by atoms with Crippen LogP contribution in [0.25, 0.3) is 0 Å². The lowest BCUT2D eigenvalue weighted by Crippen LogP contribution is -1.99. The van der Waals surface area contributed by atoms with E-state index in [1.165, 1.54) is 71.1 Å². The zero-order chi connectivity index (χ0) is 14.2. The number of carbonyl (C=O) groups excluding carboxylic acids is 1. The van der Waals surface area contributed by atoms with Gasteiger partial charge in [-0.25, -0.2) is 0 Å². The van der Waals surface area contributed by atoms with Crippen LogP contribution in [-0.2, 0) is 9.53 Å². The summed E-state index contributed by atoms with van der Waals surface area (Å²) in [6, 6.07) is 0. The van der Waals surface area contributed by atoms with E-state index in [4.69, 9.17) is 4.74 Å². The van der Waals surface area contributed by atoms with Crippen molar-refractivity contribution in [3.8, 4) is 0 Å². The summed E-state index contributed by atoms with van der Waals surface area (Å²) in [5, 5.41) is 0. The maximum atomic E-state index is 10.5. The minimum absolute atomic E-state index is 0.161. The van der Waals surface area contributed by atoms with Gasteiger partial charge in [0.05, 0.1) is 6.61 Å². The largest absolute Gasteiger partial charge is 0.466 e. The Morgan fingerprint density at radius 2 is 1.37 bits per heavy atom. The molecule has 2 heteroatoms. The molecular formula is C17H32O2. The molecule has 0 saturated heterocycles. The smallest absolute Gasteiger partial charge is 0.302 e. The lowest BCUT2D eigenvalue weighted by molar-refractivity contribution is -0.141. The number of hydrogen-bond acceptors (Lipinski definition) is 2. The van der Waals surface area contributed by atoms with Crippen molar-refractivity contribution in [1.29, 1.82) is 0 Å². The van der Waals surface area contributed by atoms with E-state index < -0.39 is 0 Å². The number of hydrogen-bond donors (Lipinski definition) is 0. The average Bonchev–Trinajstić information content (AvgIpc) is 2.39. The van der Waals surface area contributed by atoms with Crippen LogP contribution in [0.4, 0.5) is 0 Å². The van der Waals surface area contributed by atoms with Crippen molar-refractivity contribution in [1.82, 2.24) is 0 Å². The fraction of sp³-hybridized carbons (Fsp3) is 0.824. The third-order valence-corrected chi connectivity index (χ3v) is 3.21. The molecule has 0 amide bonds. The van der Waals surface area contributed by atoms with Crippen LogP contribution in [0.2, 0.25) is 0 Å². The standard InChI is InChI=1S/C17H32O2/c1-3-4-5-6-7-8-9-10-11-12-13-14-15-16-19-17(2)18/h7-8H,3-6,9-16H2,1-2H3. The van der Waals surface area contributed by atoms with Crippen LogP contribution >= 0.6 is 0 Å². The van der Waals surface area contributed by atoms with Gasteiger partial charge in [0.2, 0.25) is 0 Å². The number of carbonyl (C=O) groups is 1. The third kappa shape index (κ3) is 17.2. The molecule has 0 aromatic rings. The SMILES string of the molecule is CCCCCC=CCCCCCCCCOC(C)=O. The van der Waals surface area contributed by atoms with Crippen LogP contribution in [0.5, 0.6) is 0 Å². The molecule has 0 aliphatic rings. The van der Waals surface area contributed by atoms with Crippen molar-refractivity contribution in [2.75, 3.05) is 6.61 Å². The van der Waals surface area contributed by atoms with Gasteiger partial charge in [0.15, 0.2) is 0 Å². The van der Waals surface area contributed by atoms with E-state index in [2.05, 4.69) is 19.1 Å². The van der Waals surface area contributed by atoms with Crippen molar-refractivity contribution >= 4 is 5.97 Å². The van der Waals surface area contributed by atoms with Crippen LogP contribution < -0.4 is 0 Å². The quantitative estimate of drug-likeness (QED) is 0.253. The highest BCUT2D eigenvalue weighted by Crippen LogP contribution is 2.08. The summed E-state index contributed by atoms with van der Waals surface area (Å²) in [5.74, 6) is -0.161. The monoisotopic (exact) mass is 268 g/mol. The molecule has 19 heavy (non-hydrogen) atoms. The summed E-state index contributed by atoms with van der Waals surface area (Å²) in [6.07, 6.45) is 18.6. The third-order valence-electron chi connectivity index (χ3n) is 3.21. The zero-order valence-electron chi connectivity index (χ0n) is 13.0. The Labute approximate surface area is 119 Å². The Morgan fingerprint density at radius 3 is 1.95 bits per heavy atom. The Kier molecular flexibility index (Phi) is 14.6. The van der Waals surface area contributed by atoms with Crippen molar-refractivity contribution in [2.24, 2.45) is 0 Å². The first-order valence-corrected chi connectivity index (χ1v) is 8.05. The van der Waals surface area contributed by atoms with Crippen LogP contribution in [0.1, 0.15) is 84.5 Å². The number of allylic oxidation sites excluding steroid dienone is 2. The van der Waals surface area contributed by atoms with Gasteiger partial charge >= 0.3 is 5.97 Å². The summed E-state index contributed by atoms with van der Waals surface area (Å²) in [4.78, 5) is 10.5. The molecule has 0 saturated carbocycles. The predicted molar refractivity (Wildman–Crippen MR) is 82.2 cm³/mol. The van der Waals surface area contributed by atoms with Crippen molar-refractivity contribution in [3.63, 3.8) is 0 Å². The number of unbranched alkanes of at least 4 members (excludes halogenated alkanes) is 9. The molecule has 0 rings (SSSR count). The highest BCUT2D eigenvalue weighted by molar-refractivity contribution is 5.65. The molecule has 0 atom stereocenters. The Hall–Kier alpha value is -0.790. The summed E-state index contributed by atoms with van der Waals surface area (Å²) in [7, 11) is 0. The van der Waals surface area contributed by atoms with Crippen molar-refractivity contribution in [3.05, 3.63) is 12.2 Å². The van der Waals surface area contributed by atoms with E-state index in [0.29, 0.717) is 6.61 Å². The molecular weight excluding hydrogens is 236 g/mol. The molecule has 0 N–H and O–H groups in total. The predicted octanol–water partition coefficient (Wildman–Crippen LogP) is 5.42. The van der Waals surface area contributed by atoms with E-state index in [9.17, 15) is 4.79 Å². The van der Waals surface area contributed by atoms with Gasteiger partial charge in [0.1, 0.15) is 0 Å². The van der Waals surface area contributed by atoms with E-state index in [1.807, 2.05) is 0 Å². The average molecular weight is 268 g/mol. The van der Waals surface area contributed by atoms with E-state index in [1.54, 1.807) is 0 Å². The maximum Gasteiger partial charge on any atom is 0.302 e. The zero-order valence-corrected chi connectivity index (χ0v) is 13.0. The lowest BCUT2D eigenvalue weighted by atomic mass is 10.1. The van der Waals surface area contributed by atoms with Gasteiger partial charge in [-0.2, -0.15) is 0 Å². The summed E-state index contributed by atoms with van der Waals surface area (Å²) in [5.41, 5.74) is 0. The Morgan fingerprint density at radius 1 is 0.842 bits per heavy atom. The minimum Gasteiger partial charge on any atom is -0.466 e. The molecule has 0 heterocycles. The molecule has 112 valence electrons. The molecule has 2 nitrogen and oxygen atoms in total. The highest BCUT2D eigenvalue weighted by Gasteiger charge is 1.93. The van der Waals surface area contributed by atoms with Crippen LogP contribution in [0, 0.1) is 0 Å².